The lowest BCUT2D eigenvalue weighted by molar-refractivity contribution is 0.280. The standard InChI is InChI=1S/C12H14BrN3O/c1-8-12(7-17)9(2)16(15-8)6-10-3-11(13)5-14-4-10/h3-5,17H,6-7H2,1-2H3. The number of pyridine rings is 1. The highest BCUT2D eigenvalue weighted by molar-refractivity contribution is 9.10. The summed E-state index contributed by atoms with van der Waals surface area (Å²) in [4.78, 5) is 4.12. The van der Waals surface area contributed by atoms with Crippen molar-refractivity contribution in [3.8, 4) is 0 Å². The van der Waals surface area contributed by atoms with Crippen molar-refractivity contribution in [3.63, 3.8) is 0 Å². The molecule has 0 radical (unpaired) electrons. The van der Waals surface area contributed by atoms with Crippen LogP contribution in [0.2, 0.25) is 0 Å². The van der Waals surface area contributed by atoms with E-state index >= 15 is 0 Å². The van der Waals surface area contributed by atoms with Crippen LogP contribution in [0, 0.1) is 13.8 Å². The topological polar surface area (TPSA) is 50.9 Å². The Morgan fingerprint density at radius 1 is 1.35 bits per heavy atom. The number of hydrogen-bond donors (Lipinski definition) is 1. The second-order valence-electron chi connectivity index (χ2n) is 3.98. The third-order valence-corrected chi connectivity index (χ3v) is 3.22. The van der Waals surface area contributed by atoms with Crippen molar-refractivity contribution in [2.24, 2.45) is 0 Å². The number of aryl methyl sites for hydroxylation is 1. The van der Waals surface area contributed by atoms with Crippen molar-refractivity contribution in [3.05, 3.63) is 45.4 Å². The van der Waals surface area contributed by atoms with Crippen LogP contribution >= 0.6 is 15.9 Å². The molecule has 0 saturated carbocycles. The second-order valence-corrected chi connectivity index (χ2v) is 4.89. The van der Waals surface area contributed by atoms with Crippen LogP contribution in [0.15, 0.2) is 22.9 Å². The molecule has 0 fully saturated rings. The SMILES string of the molecule is Cc1nn(Cc2cncc(Br)c2)c(C)c1CO. The molecule has 17 heavy (non-hydrogen) atoms. The van der Waals surface area contributed by atoms with Gasteiger partial charge in [-0.1, -0.05) is 0 Å². The van der Waals surface area contributed by atoms with Gasteiger partial charge in [0.2, 0.25) is 0 Å². The molecule has 0 aliphatic carbocycles. The zero-order valence-electron chi connectivity index (χ0n) is 9.81. The summed E-state index contributed by atoms with van der Waals surface area (Å²) in [5.41, 5.74) is 3.88. The fourth-order valence-corrected chi connectivity index (χ4v) is 2.24. The Labute approximate surface area is 108 Å². The Morgan fingerprint density at radius 3 is 2.71 bits per heavy atom. The van der Waals surface area contributed by atoms with Gasteiger partial charge < -0.3 is 5.11 Å². The van der Waals surface area contributed by atoms with Crippen molar-refractivity contribution >= 4 is 15.9 Å². The summed E-state index contributed by atoms with van der Waals surface area (Å²) in [7, 11) is 0. The van der Waals surface area contributed by atoms with Crippen LogP contribution in [-0.2, 0) is 13.2 Å². The van der Waals surface area contributed by atoms with Gasteiger partial charge in [0.1, 0.15) is 0 Å². The van der Waals surface area contributed by atoms with Gasteiger partial charge in [-0.15, -0.1) is 0 Å². The van der Waals surface area contributed by atoms with Crippen LogP contribution in [0.1, 0.15) is 22.5 Å². The first-order chi connectivity index (χ1) is 8.11. The number of aromatic nitrogens is 3. The lowest BCUT2D eigenvalue weighted by Gasteiger charge is -2.05. The van der Waals surface area contributed by atoms with Gasteiger partial charge >= 0.3 is 0 Å². The third-order valence-electron chi connectivity index (χ3n) is 2.78. The van der Waals surface area contributed by atoms with E-state index in [-0.39, 0.29) is 6.61 Å². The molecule has 1 N–H and O–H groups in total. The molecule has 0 amide bonds. The first kappa shape index (κ1) is 12.3. The molecule has 2 aromatic rings. The van der Waals surface area contributed by atoms with Crippen molar-refractivity contribution in [1.29, 1.82) is 0 Å². The first-order valence-electron chi connectivity index (χ1n) is 5.35. The van der Waals surface area contributed by atoms with E-state index in [0.717, 1.165) is 27.0 Å². The summed E-state index contributed by atoms with van der Waals surface area (Å²) in [6.45, 7) is 4.58. The Morgan fingerprint density at radius 2 is 2.12 bits per heavy atom. The van der Waals surface area contributed by atoms with Gasteiger partial charge in [0.05, 0.1) is 18.8 Å². The van der Waals surface area contributed by atoms with Crippen molar-refractivity contribution < 1.29 is 5.11 Å². The zero-order valence-corrected chi connectivity index (χ0v) is 11.4. The molecule has 4 nitrogen and oxygen atoms in total. The summed E-state index contributed by atoms with van der Waals surface area (Å²) < 4.78 is 2.85. The van der Waals surface area contributed by atoms with Gasteiger partial charge in [0.25, 0.3) is 0 Å². The average molecular weight is 296 g/mol. The van der Waals surface area contributed by atoms with Crippen LogP contribution in [0.3, 0.4) is 0 Å². The van der Waals surface area contributed by atoms with Crippen molar-refractivity contribution in [2.45, 2.75) is 27.0 Å². The number of rotatable bonds is 3. The molecule has 0 aliphatic heterocycles. The molecule has 5 heteroatoms. The lowest BCUT2D eigenvalue weighted by Crippen LogP contribution is -2.04. The third kappa shape index (κ3) is 2.56. The summed E-state index contributed by atoms with van der Waals surface area (Å²) in [5, 5.41) is 13.7. The molecule has 0 spiro atoms. The summed E-state index contributed by atoms with van der Waals surface area (Å²) in [6, 6.07) is 2.02. The minimum atomic E-state index is 0.0361. The van der Waals surface area contributed by atoms with E-state index in [1.54, 1.807) is 6.20 Å². The fourth-order valence-electron chi connectivity index (χ4n) is 1.83. The van der Waals surface area contributed by atoms with Crippen molar-refractivity contribution in [1.82, 2.24) is 14.8 Å². The first-order valence-corrected chi connectivity index (χ1v) is 6.14. The van der Waals surface area contributed by atoms with Gasteiger partial charge in [0, 0.05) is 28.1 Å². The van der Waals surface area contributed by atoms with Gasteiger partial charge in [-0.05, 0) is 41.4 Å². The molecule has 0 unspecified atom stereocenters. The highest BCUT2D eigenvalue weighted by atomic mass is 79.9. The number of hydrogen-bond acceptors (Lipinski definition) is 3. The Kier molecular flexibility index (Phi) is 3.59. The summed E-state index contributed by atoms with van der Waals surface area (Å²) in [6.07, 6.45) is 3.57. The summed E-state index contributed by atoms with van der Waals surface area (Å²) in [5.74, 6) is 0. The normalized spacial score (nSPS) is 10.8. The molecule has 0 saturated heterocycles. The summed E-state index contributed by atoms with van der Waals surface area (Å²) >= 11 is 3.40. The quantitative estimate of drug-likeness (QED) is 0.944. The van der Waals surface area contributed by atoms with E-state index in [1.807, 2.05) is 30.8 Å². The minimum absolute atomic E-state index is 0.0361. The van der Waals surface area contributed by atoms with Gasteiger partial charge in [-0.2, -0.15) is 5.10 Å². The Hall–Kier alpha value is -1.20. The maximum absolute atomic E-state index is 9.25. The van der Waals surface area contributed by atoms with E-state index in [4.69, 9.17) is 0 Å². The van der Waals surface area contributed by atoms with Crippen LogP contribution in [0.4, 0.5) is 0 Å². The van der Waals surface area contributed by atoms with Crippen LogP contribution in [0.5, 0.6) is 0 Å². The number of nitrogens with zero attached hydrogens (tertiary/aromatic N) is 3. The highest BCUT2D eigenvalue weighted by Gasteiger charge is 2.10. The van der Waals surface area contributed by atoms with Gasteiger partial charge in [-0.25, -0.2) is 0 Å². The Balaban J connectivity index is 2.30. The molecule has 90 valence electrons. The molecule has 2 rings (SSSR count). The van der Waals surface area contributed by atoms with E-state index in [0.29, 0.717) is 6.54 Å². The highest BCUT2D eigenvalue weighted by Crippen LogP contribution is 2.16. The Bertz CT molecular complexity index is 537. The molecular formula is C12H14BrN3O. The molecule has 0 aromatic carbocycles. The van der Waals surface area contributed by atoms with Gasteiger partial charge in [-0.3, -0.25) is 9.67 Å². The monoisotopic (exact) mass is 295 g/mol. The largest absolute Gasteiger partial charge is 0.392 e. The smallest absolute Gasteiger partial charge is 0.0718 e. The van der Waals surface area contributed by atoms with E-state index in [2.05, 4.69) is 26.0 Å². The van der Waals surface area contributed by atoms with Crippen LogP contribution < -0.4 is 0 Å². The number of halogens is 1. The number of aliphatic hydroxyl groups excluding tert-OH is 1. The second kappa shape index (κ2) is 4.98. The van der Waals surface area contributed by atoms with E-state index < -0.39 is 0 Å². The van der Waals surface area contributed by atoms with Gasteiger partial charge in [0.15, 0.2) is 0 Å². The molecule has 0 bridgehead atoms. The predicted molar refractivity (Wildman–Crippen MR) is 68.7 cm³/mol. The van der Waals surface area contributed by atoms with E-state index in [1.165, 1.54) is 0 Å². The zero-order chi connectivity index (χ0) is 12.4. The predicted octanol–water partition coefficient (Wildman–Crippen LogP) is 2.20. The fraction of sp³-hybridized carbons (Fsp3) is 0.333. The van der Waals surface area contributed by atoms with Crippen LogP contribution in [0.25, 0.3) is 0 Å². The molecular weight excluding hydrogens is 282 g/mol. The lowest BCUT2D eigenvalue weighted by atomic mass is 10.2. The maximum atomic E-state index is 9.25. The minimum Gasteiger partial charge on any atom is -0.392 e. The molecule has 0 atom stereocenters. The van der Waals surface area contributed by atoms with Crippen LogP contribution in [-0.4, -0.2) is 19.9 Å². The van der Waals surface area contributed by atoms with E-state index in [9.17, 15) is 5.11 Å². The van der Waals surface area contributed by atoms with Crippen molar-refractivity contribution in [2.75, 3.05) is 0 Å². The molecule has 0 aliphatic rings. The molecule has 2 aromatic heterocycles. The molecule has 2 heterocycles. The maximum Gasteiger partial charge on any atom is 0.0718 e. The number of aliphatic hydroxyl groups is 1. The average Bonchev–Trinajstić information content (AvgIpc) is 2.54.